The van der Waals surface area contributed by atoms with E-state index in [0.29, 0.717) is 91.0 Å². The maximum Gasteiger partial charge on any atom is 0.410 e. The van der Waals surface area contributed by atoms with E-state index in [1.165, 1.54) is 69.6 Å². The van der Waals surface area contributed by atoms with Crippen LogP contribution >= 0.6 is 18.9 Å². The number of nitrogens with zero attached hydrogens (tertiary/aromatic N) is 3. The number of thiazole rings is 1. The van der Waals surface area contributed by atoms with Crippen molar-refractivity contribution in [2.75, 3.05) is 91.1 Å². The van der Waals surface area contributed by atoms with Crippen LogP contribution in [0.4, 0.5) is 18.9 Å². The summed E-state index contributed by atoms with van der Waals surface area (Å²) in [6.07, 6.45) is 3.47. The van der Waals surface area contributed by atoms with Gasteiger partial charge in [-0.2, -0.15) is 8.78 Å². The molecule has 674 valence electrons. The summed E-state index contributed by atoms with van der Waals surface area (Å²) in [5.74, 6) is -5.82. The molecule has 5 aromatic rings. The molecule has 0 spiro atoms. The molecule has 1 aliphatic carbocycles. The van der Waals surface area contributed by atoms with E-state index in [1.54, 1.807) is 51.5 Å². The summed E-state index contributed by atoms with van der Waals surface area (Å²) in [6.45, 7) is 21.7. The molecule has 1 aromatic heterocycles. The fourth-order valence-corrected chi connectivity index (χ4v) is 16.2. The molecule has 7 amide bonds. The minimum absolute atomic E-state index is 0.0203. The third-order valence-corrected chi connectivity index (χ3v) is 24.4. The average molecular weight is 1760 g/mol. The first kappa shape index (κ1) is 97.9. The highest BCUT2D eigenvalue weighted by atomic mass is 32.1. The van der Waals surface area contributed by atoms with Gasteiger partial charge in [0.15, 0.2) is 5.67 Å². The maximum absolute atomic E-state index is 16.3. The van der Waals surface area contributed by atoms with Gasteiger partial charge < -0.3 is 74.9 Å². The number of β-amino-alcohol motifs (C(OH)–C–C–N with tert-alkyl or cyclic N) is 1. The standard InChI is InChI=1S/C89H120F3N8O21PS/c1-56(61-26-29-67(30-27-61)89(91,92)122(111,120-54-118-83(109)86(7,8)9)121-55-119-84(110)87(10,11)12)46-74(103)96-70-31-28-62-17-13-18-64-48-72(100(75(62)64)80(70)106)79(105)97-69(32-33-73(93)102)58(3)117-52-60-22-20-59(21-23-60)16-14-36-112-38-40-114-42-44-116-45-43-115-41-39-113-37-15-19-63-47-65(76-57(2)95-53-123-76)24-25-66(63)50-94-78(104)71-49-68(101)51-99(71)81(107)77(85(4,5)6)98-82(108)88(90)34-35-88/h13,17-18,20-27,29-30,46-47,53,58,68-72,77,101H,14-16,19,28,31-45,48-52,54-55H2,1-12H3,(H2,93,102)(H,94,104)(H,96,103)(H,97,105)(H,98,108)/b56-46+/t58-,68-,69+,70+,71+,72+,77-/m1/s1. The molecule has 9 rings (SSSR count). The summed E-state index contributed by atoms with van der Waals surface area (Å²) in [5.41, 5.74) is 5.75. The summed E-state index contributed by atoms with van der Waals surface area (Å²) in [4.78, 5) is 129. The van der Waals surface area contributed by atoms with Crippen LogP contribution in [0.2, 0.25) is 0 Å². The highest BCUT2D eigenvalue weighted by molar-refractivity contribution is 7.54. The smallest absolute Gasteiger partial charge is 0.410 e. The van der Waals surface area contributed by atoms with E-state index in [4.69, 9.17) is 52.7 Å². The summed E-state index contributed by atoms with van der Waals surface area (Å²) >= 11 is 1.54. The number of aryl methyl sites for hydroxylation is 4. The quantitative estimate of drug-likeness (QED) is 0.00693. The van der Waals surface area contributed by atoms with Crippen molar-refractivity contribution in [3.05, 3.63) is 147 Å². The second-order valence-electron chi connectivity index (χ2n) is 34.6. The van der Waals surface area contributed by atoms with Crippen LogP contribution in [0, 0.1) is 23.2 Å². The number of likely N-dealkylation sites (tertiary alicyclic amines) is 1. The molecule has 0 radical (unpaired) electrons. The van der Waals surface area contributed by atoms with Crippen molar-refractivity contribution in [2.45, 2.75) is 227 Å². The molecule has 4 aliphatic rings. The first-order valence-electron chi connectivity index (χ1n) is 41.8. The minimum atomic E-state index is -5.62. The lowest BCUT2D eigenvalue weighted by atomic mass is 9.85. The topological polar surface area (TPSA) is 377 Å². The molecule has 1 saturated carbocycles. The van der Waals surface area contributed by atoms with Gasteiger partial charge in [0.1, 0.15) is 24.2 Å². The van der Waals surface area contributed by atoms with Crippen molar-refractivity contribution in [2.24, 2.45) is 22.0 Å². The zero-order valence-corrected chi connectivity index (χ0v) is 74.1. The van der Waals surface area contributed by atoms with Crippen LogP contribution in [0.25, 0.3) is 16.0 Å². The summed E-state index contributed by atoms with van der Waals surface area (Å²) in [6, 6.07) is 19.0. The minimum Gasteiger partial charge on any atom is -0.438 e. The highest BCUT2D eigenvalue weighted by Gasteiger charge is 2.57. The van der Waals surface area contributed by atoms with Gasteiger partial charge in [-0.3, -0.25) is 61.7 Å². The van der Waals surface area contributed by atoms with Crippen LogP contribution in [0.5, 0.6) is 0 Å². The Bertz CT molecular complexity index is 4510. The third kappa shape index (κ3) is 27.8. The van der Waals surface area contributed by atoms with Gasteiger partial charge in [0, 0.05) is 57.2 Å². The number of hydrogen-bond acceptors (Lipinski definition) is 23. The average Bonchev–Trinajstić information content (AvgIpc) is 1.49. The van der Waals surface area contributed by atoms with E-state index in [0.717, 1.165) is 74.5 Å². The van der Waals surface area contributed by atoms with Crippen molar-refractivity contribution >= 4 is 83.5 Å². The molecule has 7 atom stereocenters. The Kier molecular flexibility index (Phi) is 35.3. The zero-order chi connectivity index (χ0) is 89.6. The van der Waals surface area contributed by atoms with Gasteiger partial charge >= 0.3 is 25.2 Å². The Morgan fingerprint density at radius 3 is 1.87 bits per heavy atom. The molecule has 2 fully saturated rings. The lowest BCUT2D eigenvalue weighted by molar-refractivity contribution is -0.163. The van der Waals surface area contributed by atoms with E-state index < -0.39 is 150 Å². The van der Waals surface area contributed by atoms with E-state index in [-0.39, 0.29) is 75.8 Å². The van der Waals surface area contributed by atoms with Crippen LogP contribution in [-0.2, 0) is 139 Å². The van der Waals surface area contributed by atoms with Crippen molar-refractivity contribution < 1.29 is 113 Å². The number of primary amides is 1. The Morgan fingerprint density at radius 2 is 1.31 bits per heavy atom. The van der Waals surface area contributed by atoms with E-state index >= 15 is 8.78 Å². The molecule has 4 aromatic carbocycles. The number of aliphatic hydroxyl groups excluding tert-OH is 1. The molecule has 1 saturated heterocycles. The Balaban J connectivity index is 0.644. The number of esters is 2. The number of nitrogens with two attached hydrogens (primary N) is 1. The fraction of sp³-hybridized carbons (Fsp3) is 0.573. The van der Waals surface area contributed by atoms with Crippen molar-refractivity contribution in [1.29, 1.82) is 0 Å². The summed E-state index contributed by atoms with van der Waals surface area (Å²) in [7, 11) is -5.62. The number of carbonyl (C=O) groups is 9. The van der Waals surface area contributed by atoms with E-state index in [9.17, 15) is 57.2 Å². The zero-order valence-electron chi connectivity index (χ0n) is 72.4. The molecular weight excluding hydrogens is 1640 g/mol. The van der Waals surface area contributed by atoms with Gasteiger partial charge in [-0.1, -0.05) is 99.6 Å². The first-order chi connectivity index (χ1) is 58.2. The fourth-order valence-electron chi connectivity index (χ4n) is 14.1. The molecule has 3 aliphatic heterocycles. The van der Waals surface area contributed by atoms with Crippen LogP contribution < -0.4 is 31.9 Å². The molecule has 123 heavy (non-hydrogen) atoms. The molecule has 34 heteroatoms. The summed E-state index contributed by atoms with van der Waals surface area (Å²) in [5, 5.41) is 22.1. The predicted molar refractivity (Wildman–Crippen MR) is 453 cm³/mol. The van der Waals surface area contributed by atoms with Crippen molar-refractivity contribution in [1.82, 2.24) is 31.2 Å². The molecular formula is C89H120F3N8O21PS. The third-order valence-electron chi connectivity index (χ3n) is 21.6. The van der Waals surface area contributed by atoms with Crippen LogP contribution in [-0.4, -0.2) is 203 Å². The number of amides is 7. The van der Waals surface area contributed by atoms with Gasteiger partial charge in [-0.05, 0) is 182 Å². The molecule has 29 nitrogen and oxygen atoms in total. The number of allylic oxidation sites excluding steroid dienone is 1. The number of halogens is 3. The number of ether oxygens (including phenoxy) is 8. The van der Waals surface area contributed by atoms with E-state index in [1.807, 2.05) is 61.5 Å². The highest BCUT2D eigenvalue weighted by Crippen LogP contribution is 2.67. The number of para-hydroxylation sites is 1. The monoisotopic (exact) mass is 1760 g/mol. The second kappa shape index (κ2) is 44.3. The number of aliphatic hydroxyl groups is 1. The number of hydrogen-bond donors (Lipinski definition) is 6. The SMILES string of the molecule is C/C(=C\C(=O)N[C@H]1CCc2cccc3c2N(C1=O)[C@H](C(=O)N[C@@H](CCC(N)=O)[C@@H](C)OCc1ccc(CCCOCCOCCOCCOCCOCCCc2cc(-c4scnc4C)ccc2CNC(=O)[C@@H]2C[C@@H](O)CN2C(=O)[C@@H](NC(=O)C2(F)CC2)C(C)(C)C)cc1)C3)c1ccc(C(F)(F)P(=O)(OCOC(=O)C(C)(C)C)OCOC(=O)C(C)(C)C)cc1. The van der Waals surface area contributed by atoms with Gasteiger partial charge in [-0.25, -0.2) is 9.37 Å². The maximum atomic E-state index is 16.3. The normalized spacial score (nSPS) is 18.0. The van der Waals surface area contributed by atoms with Gasteiger partial charge in [-0.15, -0.1) is 11.3 Å². The number of rotatable bonds is 47. The van der Waals surface area contributed by atoms with Gasteiger partial charge in [0.05, 0.1) is 110 Å². The van der Waals surface area contributed by atoms with Crippen LogP contribution in [0.15, 0.2) is 96.5 Å². The largest absolute Gasteiger partial charge is 0.438 e. The number of carbonyl (C=O) groups excluding carboxylic acids is 9. The molecule has 7 N–H and O–H groups in total. The Hall–Kier alpha value is -8.86. The molecule has 0 unspecified atom stereocenters. The van der Waals surface area contributed by atoms with Gasteiger partial charge in [0.2, 0.25) is 49.0 Å². The number of alkyl halides is 3. The second-order valence-corrected chi connectivity index (χ2v) is 37.5. The molecule has 4 heterocycles. The summed E-state index contributed by atoms with van der Waals surface area (Å²) < 4.78 is 116. The first-order valence-corrected chi connectivity index (χ1v) is 44.2. The van der Waals surface area contributed by atoms with Crippen LogP contribution in [0.1, 0.15) is 178 Å². The van der Waals surface area contributed by atoms with Crippen molar-refractivity contribution in [3.8, 4) is 10.4 Å². The number of anilines is 1. The lowest BCUT2D eigenvalue weighted by Crippen LogP contribution is -2.59. The van der Waals surface area contributed by atoms with Gasteiger partial charge in [0.25, 0.3) is 5.91 Å². The Labute approximate surface area is 721 Å². The van der Waals surface area contributed by atoms with Crippen LogP contribution in [0.3, 0.4) is 0 Å². The molecule has 0 bridgehead atoms. The predicted octanol–water partition coefficient (Wildman–Crippen LogP) is 10.9. The lowest BCUT2D eigenvalue weighted by Gasteiger charge is -2.35. The van der Waals surface area contributed by atoms with E-state index in [2.05, 4.69) is 32.3 Å². The number of nitrogens with one attached hydrogen (secondary N) is 4. The number of aromatic nitrogens is 1. The number of benzene rings is 4. The van der Waals surface area contributed by atoms with Crippen molar-refractivity contribution in [3.63, 3.8) is 0 Å². The Morgan fingerprint density at radius 1 is 0.732 bits per heavy atom.